The fourth-order valence-corrected chi connectivity index (χ4v) is 5.59. The summed E-state index contributed by atoms with van der Waals surface area (Å²) >= 11 is 12.3. The van der Waals surface area contributed by atoms with Gasteiger partial charge in [0.15, 0.2) is 0 Å². The molecule has 0 aliphatic carbocycles. The molecule has 8 nitrogen and oxygen atoms in total. The molecule has 196 valence electrons. The topological polar surface area (TPSA) is 112 Å². The molecule has 0 radical (unpaired) electrons. The van der Waals surface area contributed by atoms with Gasteiger partial charge in [-0.05, 0) is 55.8 Å². The number of nitrogens with zero attached hydrogens (tertiary/aromatic N) is 2. The van der Waals surface area contributed by atoms with E-state index in [1.54, 1.807) is 55.5 Å². The minimum atomic E-state index is -4.06. The lowest BCUT2D eigenvalue weighted by Crippen LogP contribution is -2.37. The van der Waals surface area contributed by atoms with Crippen molar-refractivity contribution in [2.75, 3.05) is 11.9 Å². The Labute approximate surface area is 230 Å². The van der Waals surface area contributed by atoms with E-state index in [0.717, 1.165) is 9.87 Å². The molecule has 1 aromatic heterocycles. The molecule has 0 unspecified atom stereocenters. The zero-order valence-electron chi connectivity index (χ0n) is 20.5. The molecule has 2 N–H and O–H groups in total. The van der Waals surface area contributed by atoms with Crippen molar-refractivity contribution in [3.8, 4) is 11.4 Å². The van der Waals surface area contributed by atoms with Crippen molar-refractivity contribution in [1.82, 2.24) is 14.3 Å². The van der Waals surface area contributed by atoms with E-state index in [2.05, 4.69) is 15.3 Å². The van der Waals surface area contributed by atoms with Crippen LogP contribution in [0.4, 0.5) is 5.69 Å². The van der Waals surface area contributed by atoms with Crippen LogP contribution in [-0.2, 0) is 21.4 Å². The summed E-state index contributed by atoms with van der Waals surface area (Å²) in [6.45, 7) is 2.94. The minimum Gasteiger partial charge on any atom is -0.325 e. The highest BCUT2D eigenvalue weighted by Crippen LogP contribution is 2.26. The maximum absolute atomic E-state index is 13.6. The first-order valence-electron chi connectivity index (χ1n) is 11.5. The molecule has 4 aromatic rings. The standard InChI is InChI=1S/C27H24Cl2N4O4S/c1-17-6-10-23(11-7-17)38(36,37)33(15-20-8-9-21(28)14-24(20)29)16-26(35)31-22-5-3-4-19(13-22)27-30-18(2)12-25(34)32-27/h3-14H,15-16H2,1-2H3,(H,31,35)(H,30,32,34). The first-order chi connectivity index (χ1) is 18.0. The van der Waals surface area contributed by atoms with Crippen molar-refractivity contribution in [3.63, 3.8) is 0 Å². The normalized spacial score (nSPS) is 11.5. The third kappa shape index (κ3) is 6.68. The molecule has 0 aliphatic rings. The molecular formula is C27H24Cl2N4O4S. The van der Waals surface area contributed by atoms with E-state index in [1.807, 2.05) is 6.92 Å². The van der Waals surface area contributed by atoms with Gasteiger partial charge in [-0.1, -0.05) is 59.1 Å². The number of anilines is 1. The summed E-state index contributed by atoms with van der Waals surface area (Å²) in [5.41, 5.74) is 2.65. The van der Waals surface area contributed by atoms with Gasteiger partial charge in [-0.25, -0.2) is 13.4 Å². The van der Waals surface area contributed by atoms with Crippen molar-refractivity contribution in [1.29, 1.82) is 0 Å². The highest BCUT2D eigenvalue weighted by Gasteiger charge is 2.27. The molecule has 11 heteroatoms. The molecule has 0 saturated carbocycles. The molecule has 0 spiro atoms. The average molecular weight is 571 g/mol. The van der Waals surface area contributed by atoms with Gasteiger partial charge in [0.2, 0.25) is 15.9 Å². The maximum atomic E-state index is 13.6. The Morgan fingerprint density at radius 1 is 1.00 bits per heavy atom. The van der Waals surface area contributed by atoms with Crippen LogP contribution in [0.25, 0.3) is 11.4 Å². The number of aryl methyl sites for hydroxylation is 2. The van der Waals surface area contributed by atoms with E-state index in [9.17, 15) is 18.0 Å². The highest BCUT2D eigenvalue weighted by atomic mass is 35.5. The van der Waals surface area contributed by atoms with Crippen LogP contribution in [0.2, 0.25) is 10.0 Å². The van der Waals surface area contributed by atoms with E-state index in [4.69, 9.17) is 23.2 Å². The SMILES string of the molecule is Cc1ccc(S(=O)(=O)N(CC(=O)Nc2cccc(-c3nc(C)cc(=O)[nH]3)c2)Cc2ccc(Cl)cc2Cl)cc1. The number of hydrogen-bond donors (Lipinski definition) is 2. The Morgan fingerprint density at radius 3 is 2.42 bits per heavy atom. The predicted molar refractivity (Wildman–Crippen MR) is 149 cm³/mol. The van der Waals surface area contributed by atoms with Crippen LogP contribution in [0.15, 0.2) is 82.5 Å². The van der Waals surface area contributed by atoms with Crippen molar-refractivity contribution < 1.29 is 13.2 Å². The largest absolute Gasteiger partial charge is 0.325 e. The summed E-state index contributed by atoms with van der Waals surface area (Å²) in [5, 5.41) is 3.43. The number of sulfonamides is 1. The number of nitrogens with one attached hydrogen (secondary N) is 2. The molecule has 4 rings (SSSR count). The molecule has 0 atom stereocenters. The van der Waals surface area contributed by atoms with Gasteiger partial charge in [-0.3, -0.25) is 9.59 Å². The molecule has 0 fully saturated rings. The first kappa shape index (κ1) is 27.5. The number of carbonyl (C=O) groups is 1. The van der Waals surface area contributed by atoms with Crippen LogP contribution in [0.5, 0.6) is 0 Å². The number of carbonyl (C=O) groups excluding carboxylic acids is 1. The molecule has 38 heavy (non-hydrogen) atoms. The minimum absolute atomic E-state index is 0.0532. The number of halogens is 2. The molecule has 0 bridgehead atoms. The van der Waals surface area contributed by atoms with Crippen LogP contribution >= 0.6 is 23.2 Å². The van der Waals surface area contributed by atoms with Gasteiger partial charge in [0.25, 0.3) is 5.56 Å². The Balaban J connectivity index is 1.61. The van der Waals surface area contributed by atoms with Gasteiger partial charge in [0.05, 0.1) is 11.4 Å². The molecule has 1 amide bonds. The number of hydrogen-bond acceptors (Lipinski definition) is 5. The number of H-pyrrole nitrogens is 1. The third-order valence-corrected chi connectivity index (χ3v) is 8.02. The zero-order valence-corrected chi connectivity index (χ0v) is 22.9. The molecule has 0 saturated heterocycles. The van der Waals surface area contributed by atoms with E-state index in [1.165, 1.54) is 24.3 Å². The summed E-state index contributed by atoms with van der Waals surface area (Å²) in [6, 6.07) is 19.2. The van der Waals surface area contributed by atoms with Crippen molar-refractivity contribution in [2.24, 2.45) is 0 Å². The van der Waals surface area contributed by atoms with Gasteiger partial charge in [-0.2, -0.15) is 4.31 Å². The van der Waals surface area contributed by atoms with Crippen molar-refractivity contribution in [3.05, 3.63) is 110 Å². The highest BCUT2D eigenvalue weighted by molar-refractivity contribution is 7.89. The lowest BCUT2D eigenvalue weighted by atomic mass is 10.2. The number of amides is 1. The number of rotatable bonds is 8. The third-order valence-electron chi connectivity index (χ3n) is 5.63. The summed E-state index contributed by atoms with van der Waals surface area (Å²) in [5.74, 6) is -0.208. The van der Waals surface area contributed by atoms with E-state index in [0.29, 0.717) is 33.4 Å². The second-order valence-corrected chi connectivity index (χ2v) is 11.5. The Bertz CT molecular complexity index is 1650. The average Bonchev–Trinajstić information content (AvgIpc) is 2.85. The van der Waals surface area contributed by atoms with Crippen LogP contribution in [0.3, 0.4) is 0 Å². The number of benzene rings is 3. The Hall–Kier alpha value is -3.50. The zero-order chi connectivity index (χ0) is 27.4. The van der Waals surface area contributed by atoms with Crippen LogP contribution in [0.1, 0.15) is 16.8 Å². The summed E-state index contributed by atoms with van der Waals surface area (Å²) in [6.07, 6.45) is 0. The van der Waals surface area contributed by atoms with Gasteiger partial charge in [0, 0.05) is 39.6 Å². The maximum Gasteiger partial charge on any atom is 0.251 e. The Morgan fingerprint density at radius 2 is 1.74 bits per heavy atom. The lowest BCUT2D eigenvalue weighted by Gasteiger charge is -2.23. The molecular weight excluding hydrogens is 547 g/mol. The Kier molecular flexibility index (Phi) is 8.32. The smallest absolute Gasteiger partial charge is 0.251 e. The van der Waals surface area contributed by atoms with E-state index < -0.39 is 22.5 Å². The van der Waals surface area contributed by atoms with E-state index in [-0.39, 0.29) is 22.0 Å². The predicted octanol–water partition coefficient (Wildman–Crippen LogP) is 5.19. The fraction of sp³-hybridized carbons (Fsp3) is 0.148. The van der Waals surface area contributed by atoms with Crippen molar-refractivity contribution in [2.45, 2.75) is 25.3 Å². The van der Waals surface area contributed by atoms with Crippen molar-refractivity contribution >= 4 is 44.8 Å². The molecule has 0 aliphatic heterocycles. The first-order valence-corrected chi connectivity index (χ1v) is 13.7. The van der Waals surface area contributed by atoms with Gasteiger partial charge in [0.1, 0.15) is 5.82 Å². The summed E-state index contributed by atoms with van der Waals surface area (Å²) in [4.78, 5) is 32.0. The van der Waals surface area contributed by atoms with Gasteiger partial charge < -0.3 is 10.3 Å². The van der Waals surface area contributed by atoms with Crippen LogP contribution in [0, 0.1) is 13.8 Å². The van der Waals surface area contributed by atoms with Gasteiger partial charge >= 0.3 is 0 Å². The fourth-order valence-electron chi connectivity index (χ4n) is 3.75. The lowest BCUT2D eigenvalue weighted by molar-refractivity contribution is -0.116. The monoisotopic (exact) mass is 570 g/mol. The quantitative estimate of drug-likeness (QED) is 0.302. The molecule has 1 heterocycles. The van der Waals surface area contributed by atoms with Crippen LogP contribution in [-0.4, -0.2) is 35.1 Å². The van der Waals surface area contributed by atoms with Crippen LogP contribution < -0.4 is 10.9 Å². The number of aromatic nitrogens is 2. The summed E-state index contributed by atoms with van der Waals surface area (Å²) in [7, 11) is -4.06. The number of aromatic amines is 1. The molecule has 3 aromatic carbocycles. The second kappa shape index (κ2) is 11.5. The second-order valence-electron chi connectivity index (χ2n) is 8.69. The summed E-state index contributed by atoms with van der Waals surface area (Å²) < 4.78 is 28.2. The van der Waals surface area contributed by atoms with Gasteiger partial charge in [-0.15, -0.1) is 0 Å². The van der Waals surface area contributed by atoms with E-state index >= 15 is 0 Å².